The van der Waals surface area contributed by atoms with Crippen molar-refractivity contribution in [2.75, 3.05) is 25.1 Å². The predicted octanol–water partition coefficient (Wildman–Crippen LogP) is -0.723. The third kappa shape index (κ3) is 2.72. The molecule has 0 radical (unpaired) electrons. The first kappa shape index (κ1) is 12.2. The van der Waals surface area contributed by atoms with Gasteiger partial charge in [-0.1, -0.05) is 0 Å². The van der Waals surface area contributed by atoms with Gasteiger partial charge in [0.25, 0.3) is 0 Å². The van der Waals surface area contributed by atoms with Crippen LogP contribution in [0.1, 0.15) is 0 Å². The number of nitrogens with one attached hydrogen (secondary N) is 1. The number of fused-ring (bicyclic) bond motifs is 1. The monoisotopic (exact) mass is 250 g/mol. The Labute approximate surface area is 103 Å². The van der Waals surface area contributed by atoms with E-state index in [-0.39, 0.29) is 6.61 Å². The van der Waals surface area contributed by atoms with Gasteiger partial charge in [0, 0.05) is 13.6 Å². The van der Waals surface area contributed by atoms with Gasteiger partial charge in [-0.15, -0.1) is 0 Å². The molecule has 0 saturated heterocycles. The van der Waals surface area contributed by atoms with Crippen LogP contribution in [0.3, 0.4) is 0 Å². The molecule has 2 aromatic rings. The molecule has 0 aromatic carbocycles. The maximum Gasteiger partial charge on any atom is 0.243 e. The minimum absolute atomic E-state index is 0.0756. The Morgan fingerprint density at radius 3 is 3.17 bits per heavy atom. The number of primary amides is 1. The van der Waals surface area contributed by atoms with Gasteiger partial charge in [0.15, 0.2) is 5.65 Å². The van der Waals surface area contributed by atoms with E-state index in [2.05, 4.69) is 20.4 Å². The molecule has 0 aliphatic rings. The van der Waals surface area contributed by atoms with Gasteiger partial charge in [-0.3, -0.25) is 9.48 Å². The first-order valence-corrected chi connectivity index (χ1v) is 5.41. The number of carbonyl (C=O) groups is 1. The number of rotatable bonds is 6. The molecule has 2 heterocycles. The van der Waals surface area contributed by atoms with Crippen molar-refractivity contribution in [2.24, 2.45) is 12.8 Å². The van der Waals surface area contributed by atoms with E-state index in [1.807, 2.05) is 7.05 Å². The van der Waals surface area contributed by atoms with Crippen LogP contribution in [-0.2, 0) is 16.6 Å². The smallest absolute Gasteiger partial charge is 0.243 e. The number of carbonyl (C=O) groups excluding carboxylic acids is 1. The van der Waals surface area contributed by atoms with Crippen molar-refractivity contribution >= 4 is 22.8 Å². The third-order valence-corrected chi connectivity index (χ3v) is 2.31. The number of aromatic nitrogens is 4. The molecule has 18 heavy (non-hydrogen) atoms. The van der Waals surface area contributed by atoms with E-state index in [1.165, 1.54) is 6.33 Å². The van der Waals surface area contributed by atoms with Crippen molar-refractivity contribution in [1.82, 2.24) is 19.7 Å². The molecule has 2 aromatic heterocycles. The molecule has 0 spiro atoms. The Morgan fingerprint density at radius 2 is 2.39 bits per heavy atom. The van der Waals surface area contributed by atoms with Gasteiger partial charge in [0.1, 0.15) is 18.8 Å². The molecule has 8 nitrogen and oxygen atoms in total. The summed E-state index contributed by atoms with van der Waals surface area (Å²) in [5.41, 5.74) is 5.70. The van der Waals surface area contributed by atoms with Crippen LogP contribution >= 0.6 is 0 Å². The summed E-state index contributed by atoms with van der Waals surface area (Å²) in [4.78, 5) is 18.7. The first-order chi connectivity index (χ1) is 8.68. The molecule has 0 unspecified atom stereocenters. The lowest BCUT2D eigenvalue weighted by molar-refractivity contribution is -0.122. The minimum Gasteiger partial charge on any atom is -0.370 e. The van der Waals surface area contributed by atoms with Crippen molar-refractivity contribution in [3.05, 3.63) is 12.5 Å². The summed E-state index contributed by atoms with van der Waals surface area (Å²) in [5.74, 6) is 0.211. The van der Waals surface area contributed by atoms with Crippen LogP contribution in [0.15, 0.2) is 12.5 Å². The van der Waals surface area contributed by atoms with Crippen LogP contribution < -0.4 is 11.1 Å². The molecule has 2 rings (SSSR count). The second kappa shape index (κ2) is 5.41. The lowest BCUT2D eigenvalue weighted by Crippen LogP contribution is -2.20. The Kier molecular flexibility index (Phi) is 3.68. The van der Waals surface area contributed by atoms with Crippen LogP contribution in [0.25, 0.3) is 11.0 Å². The van der Waals surface area contributed by atoms with Crippen molar-refractivity contribution < 1.29 is 9.53 Å². The van der Waals surface area contributed by atoms with Gasteiger partial charge in [-0.2, -0.15) is 5.10 Å². The van der Waals surface area contributed by atoms with E-state index in [4.69, 9.17) is 10.5 Å². The number of hydrogen-bond donors (Lipinski definition) is 2. The molecule has 1 amide bonds. The van der Waals surface area contributed by atoms with Crippen LogP contribution in [0, 0.1) is 0 Å². The van der Waals surface area contributed by atoms with E-state index >= 15 is 0 Å². The Bertz CT molecular complexity index is 552. The Balaban J connectivity index is 1.93. The lowest BCUT2D eigenvalue weighted by Gasteiger charge is -2.06. The summed E-state index contributed by atoms with van der Waals surface area (Å²) < 4.78 is 6.71. The van der Waals surface area contributed by atoms with E-state index in [9.17, 15) is 4.79 Å². The van der Waals surface area contributed by atoms with Gasteiger partial charge in [-0.25, -0.2) is 9.97 Å². The molecule has 0 saturated carbocycles. The van der Waals surface area contributed by atoms with E-state index in [1.54, 1.807) is 10.9 Å². The molecule has 0 atom stereocenters. The van der Waals surface area contributed by atoms with Gasteiger partial charge in [0.05, 0.1) is 18.2 Å². The molecule has 0 aliphatic heterocycles. The van der Waals surface area contributed by atoms with Crippen molar-refractivity contribution in [3.8, 4) is 0 Å². The summed E-state index contributed by atoms with van der Waals surface area (Å²) in [6.07, 6.45) is 3.17. The molecule has 0 aliphatic carbocycles. The highest BCUT2D eigenvalue weighted by Gasteiger charge is 2.06. The number of nitrogens with two attached hydrogens (primary N) is 1. The number of ether oxygens (including phenoxy) is 1. The SMILES string of the molecule is Cn1ncc2c(NCCOCC(N)=O)ncnc21. The zero-order valence-corrected chi connectivity index (χ0v) is 9.96. The maximum atomic E-state index is 10.5. The third-order valence-electron chi connectivity index (χ3n) is 2.31. The quantitative estimate of drug-likeness (QED) is 0.655. The normalized spacial score (nSPS) is 10.7. The van der Waals surface area contributed by atoms with E-state index in [0.29, 0.717) is 19.0 Å². The molecular weight excluding hydrogens is 236 g/mol. The first-order valence-electron chi connectivity index (χ1n) is 5.41. The Morgan fingerprint density at radius 1 is 1.56 bits per heavy atom. The summed E-state index contributed by atoms with van der Waals surface area (Å²) >= 11 is 0. The number of hydrogen-bond acceptors (Lipinski definition) is 6. The van der Waals surface area contributed by atoms with Crippen LogP contribution in [0.2, 0.25) is 0 Å². The summed E-state index contributed by atoms with van der Waals surface area (Å²) in [6.45, 7) is 0.816. The number of anilines is 1. The summed E-state index contributed by atoms with van der Waals surface area (Å²) in [6, 6.07) is 0. The molecule has 8 heteroatoms. The minimum atomic E-state index is -0.480. The fraction of sp³-hybridized carbons (Fsp3) is 0.400. The number of amides is 1. The van der Waals surface area contributed by atoms with Gasteiger partial charge in [-0.05, 0) is 0 Å². The fourth-order valence-electron chi connectivity index (χ4n) is 1.52. The van der Waals surface area contributed by atoms with Crippen LogP contribution in [-0.4, -0.2) is 45.4 Å². The fourth-order valence-corrected chi connectivity index (χ4v) is 1.52. The average molecular weight is 250 g/mol. The number of nitrogens with zero attached hydrogens (tertiary/aromatic N) is 4. The van der Waals surface area contributed by atoms with Crippen molar-refractivity contribution in [2.45, 2.75) is 0 Å². The zero-order chi connectivity index (χ0) is 13.0. The van der Waals surface area contributed by atoms with Crippen LogP contribution in [0.4, 0.5) is 5.82 Å². The maximum absolute atomic E-state index is 10.5. The highest BCUT2D eigenvalue weighted by molar-refractivity contribution is 5.85. The lowest BCUT2D eigenvalue weighted by atomic mass is 10.4. The summed E-state index contributed by atoms with van der Waals surface area (Å²) in [7, 11) is 1.81. The zero-order valence-electron chi connectivity index (χ0n) is 9.96. The molecular formula is C10H14N6O2. The standard InChI is InChI=1S/C10H14N6O2/c1-16-10-7(4-15-16)9(13-6-14-10)12-2-3-18-5-8(11)17/h4,6H,2-3,5H2,1H3,(H2,11,17)(H,12,13,14). The molecule has 0 fully saturated rings. The molecule has 3 N–H and O–H groups in total. The van der Waals surface area contributed by atoms with Crippen molar-refractivity contribution in [3.63, 3.8) is 0 Å². The largest absolute Gasteiger partial charge is 0.370 e. The second-order valence-electron chi connectivity index (χ2n) is 3.67. The predicted molar refractivity (Wildman–Crippen MR) is 64.8 cm³/mol. The average Bonchev–Trinajstić information content (AvgIpc) is 2.71. The highest BCUT2D eigenvalue weighted by Crippen LogP contribution is 2.16. The second-order valence-corrected chi connectivity index (χ2v) is 3.67. The van der Waals surface area contributed by atoms with E-state index < -0.39 is 5.91 Å². The molecule has 96 valence electrons. The Hall–Kier alpha value is -2.22. The van der Waals surface area contributed by atoms with Gasteiger partial charge < -0.3 is 15.8 Å². The molecule has 0 bridgehead atoms. The summed E-state index contributed by atoms with van der Waals surface area (Å²) in [5, 5.41) is 8.04. The van der Waals surface area contributed by atoms with Crippen LogP contribution in [0.5, 0.6) is 0 Å². The highest BCUT2D eigenvalue weighted by atomic mass is 16.5. The topological polar surface area (TPSA) is 108 Å². The van der Waals surface area contributed by atoms with Crippen molar-refractivity contribution in [1.29, 1.82) is 0 Å². The van der Waals surface area contributed by atoms with Gasteiger partial charge in [0.2, 0.25) is 5.91 Å². The number of aryl methyl sites for hydroxylation is 1. The van der Waals surface area contributed by atoms with E-state index in [0.717, 1.165) is 11.0 Å². The van der Waals surface area contributed by atoms with Gasteiger partial charge >= 0.3 is 0 Å².